The molecular formula is C16H17BrN2O. The molecule has 1 aromatic heterocycles. The lowest BCUT2D eigenvalue weighted by Gasteiger charge is -2.10. The van der Waals surface area contributed by atoms with Crippen LogP contribution in [0.1, 0.15) is 24.1 Å². The highest BCUT2D eigenvalue weighted by atomic mass is 79.9. The summed E-state index contributed by atoms with van der Waals surface area (Å²) < 4.78 is 6.80. The van der Waals surface area contributed by atoms with Crippen molar-refractivity contribution >= 4 is 15.9 Å². The van der Waals surface area contributed by atoms with Crippen LogP contribution >= 0.6 is 15.9 Å². The van der Waals surface area contributed by atoms with Crippen molar-refractivity contribution in [3.63, 3.8) is 0 Å². The average Bonchev–Trinajstić information content (AvgIpc) is 3.23. The zero-order chi connectivity index (χ0) is 13.9. The van der Waals surface area contributed by atoms with E-state index in [-0.39, 0.29) is 0 Å². The summed E-state index contributed by atoms with van der Waals surface area (Å²) in [6.45, 7) is 2.87. The summed E-state index contributed by atoms with van der Waals surface area (Å²) >= 11 is 3.48. The first-order valence-electron chi connectivity index (χ1n) is 6.84. The molecule has 20 heavy (non-hydrogen) atoms. The summed E-state index contributed by atoms with van der Waals surface area (Å²) in [5, 5.41) is 3.51. The molecule has 0 unspecified atom stereocenters. The number of para-hydroxylation sites is 1. The monoisotopic (exact) mass is 332 g/mol. The van der Waals surface area contributed by atoms with Gasteiger partial charge in [0.25, 0.3) is 0 Å². The van der Waals surface area contributed by atoms with Crippen LogP contribution in [0.2, 0.25) is 0 Å². The number of hydrogen-bond acceptors (Lipinski definition) is 3. The molecule has 1 aliphatic rings. The largest absolute Gasteiger partial charge is 0.438 e. The first kappa shape index (κ1) is 13.6. The van der Waals surface area contributed by atoms with E-state index in [1.54, 1.807) is 0 Å². The molecular weight excluding hydrogens is 316 g/mol. The number of rotatable bonds is 5. The third kappa shape index (κ3) is 3.58. The highest BCUT2D eigenvalue weighted by Gasteiger charge is 2.20. The number of benzene rings is 1. The smallest absolute Gasteiger partial charge is 0.219 e. The molecule has 0 spiro atoms. The highest BCUT2D eigenvalue weighted by molar-refractivity contribution is 9.10. The minimum absolute atomic E-state index is 0.643. The molecule has 0 radical (unpaired) electrons. The van der Waals surface area contributed by atoms with Crippen molar-refractivity contribution in [1.29, 1.82) is 0 Å². The van der Waals surface area contributed by atoms with Gasteiger partial charge in [0.1, 0.15) is 5.75 Å². The van der Waals surface area contributed by atoms with Crippen LogP contribution in [-0.4, -0.2) is 11.0 Å². The summed E-state index contributed by atoms with van der Waals surface area (Å²) in [7, 11) is 0. The predicted molar refractivity (Wildman–Crippen MR) is 83.1 cm³/mol. The van der Waals surface area contributed by atoms with Gasteiger partial charge in [0, 0.05) is 24.3 Å². The van der Waals surface area contributed by atoms with Gasteiger partial charge in [-0.3, -0.25) is 0 Å². The molecule has 4 heteroatoms. The Morgan fingerprint density at radius 3 is 2.85 bits per heavy atom. The molecule has 3 rings (SSSR count). The van der Waals surface area contributed by atoms with E-state index in [4.69, 9.17) is 4.74 Å². The summed E-state index contributed by atoms with van der Waals surface area (Å²) in [5.74, 6) is 1.43. The van der Waals surface area contributed by atoms with Crippen LogP contribution in [0.25, 0.3) is 0 Å². The number of aryl methyl sites for hydroxylation is 1. The molecule has 0 saturated heterocycles. The Morgan fingerprint density at radius 1 is 1.30 bits per heavy atom. The quantitative estimate of drug-likeness (QED) is 0.891. The van der Waals surface area contributed by atoms with Gasteiger partial charge in [-0.2, -0.15) is 0 Å². The Labute approximate surface area is 127 Å². The summed E-state index contributed by atoms with van der Waals surface area (Å²) in [5.41, 5.74) is 2.19. The van der Waals surface area contributed by atoms with Crippen LogP contribution in [0.4, 0.5) is 0 Å². The molecule has 1 heterocycles. The topological polar surface area (TPSA) is 34.1 Å². The van der Waals surface area contributed by atoms with Crippen molar-refractivity contribution in [1.82, 2.24) is 10.3 Å². The second-order valence-corrected chi connectivity index (χ2v) is 6.00. The minimum Gasteiger partial charge on any atom is -0.438 e. The standard InChI is InChI=1S/C16H17BrN2O/c1-11-8-12(10-18-13-6-7-13)9-16(19-11)20-15-5-3-2-4-14(15)17/h2-5,8-9,13,18H,6-7,10H2,1H3. The molecule has 1 N–H and O–H groups in total. The van der Waals surface area contributed by atoms with Gasteiger partial charge in [-0.05, 0) is 59.5 Å². The van der Waals surface area contributed by atoms with Crippen molar-refractivity contribution in [3.8, 4) is 11.6 Å². The fourth-order valence-electron chi connectivity index (χ4n) is 2.05. The Hall–Kier alpha value is -1.39. The fraction of sp³-hybridized carbons (Fsp3) is 0.312. The van der Waals surface area contributed by atoms with E-state index in [9.17, 15) is 0 Å². The third-order valence-corrected chi connectivity index (χ3v) is 3.87. The zero-order valence-electron chi connectivity index (χ0n) is 11.4. The van der Waals surface area contributed by atoms with Crippen LogP contribution in [0.5, 0.6) is 11.6 Å². The van der Waals surface area contributed by atoms with Crippen molar-refractivity contribution < 1.29 is 4.74 Å². The van der Waals surface area contributed by atoms with E-state index < -0.39 is 0 Å². The first-order valence-corrected chi connectivity index (χ1v) is 7.63. The van der Waals surface area contributed by atoms with E-state index in [2.05, 4.69) is 32.3 Å². The lowest BCUT2D eigenvalue weighted by Crippen LogP contribution is -2.15. The van der Waals surface area contributed by atoms with Gasteiger partial charge in [-0.15, -0.1) is 0 Å². The van der Waals surface area contributed by atoms with Gasteiger partial charge in [0.2, 0.25) is 5.88 Å². The van der Waals surface area contributed by atoms with Crippen molar-refractivity contribution in [3.05, 3.63) is 52.1 Å². The van der Waals surface area contributed by atoms with E-state index in [0.717, 1.165) is 22.5 Å². The molecule has 1 saturated carbocycles. The molecule has 0 bridgehead atoms. The first-order chi connectivity index (χ1) is 9.70. The van der Waals surface area contributed by atoms with Crippen LogP contribution in [0, 0.1) is 6.92 Å². The van der Waals surface area contributed by atoms with Gasteiger partial charge < -0.3 is 10.1 Å². The lowest BCUT2D eigenvalue weighted by molar-refractivity contribution is 0.457. The number of hydrogen-bond donors (Lipinski definition) is 1. The van der Waals surface area contributed by atoms with Crippen molar-refractivity contribution in [2.24, 2.45) is 0 Å². The molecule has 2 aromatic rings. The van der Waals surface area contributed by atoms with Gasteiger partial charge in [0.05, 0.1) is 4.47 Å². The maximum atomic E-state index is 5.87. The molecule has 1 fully saturated rings. The lowest BCUT2D eigenvalue weighted by atomic mass is 10.2. The number of halogens is 1. The van der Waals surface area contributed by atoms with Crippen molar-refractivity contribution in [2.45, 2.75) is 32.4 Å². The number of pyridine rings is 1. The molecule has 0 atom stereocenters. The number of nitrogens with zero attached hydrogens (tertiary/aromatic N) is 1. The summed E-state index contributed by atoms with van der Waals surface area (Å²) in [4.78, 5) is 4.44. The third-order valence-electron chi connectivity index (χ3n) is 3.21. The zero-order valence-corrected chi connectivity index (χ0v) is 13.0. The molecule has 0 aliphatic heterocycles. The minimum atomic E-state index is 0.643. The SMILES string of the molecule is Cc1cc(CNC2CC2)cc(Oc2ccccc2Br)n1. The molecule has 1 aliphatic carbocycles. The number of ether oxygens (including phenoxy) is 1. The van der Waals surface area contributed by atoms with Crippen LogP contribution < -0.4 is 10.1 Å². The van der Waals surface area contributed by atoms with Crippen LogP contribution in [-0.2, 0) is 6.54 Å². The van der Waals surface area contributed by atoms with Crippen molar-refractivity contribution in [2.75, 3.05) is 0 Å². The fourth-order valence-corrected chi connectivity index (χ4v) is 2.42. The average molecular weight is 333 g/mol. The van der Waals surface area contributed by atoms with Crippen LogP contribution in [0.15, 0.2) is 40.9 Å². The van der Waals surface area contributed by atoms with E-state index in [1.165, 1.54) is 18.4 Å². The van der Waals surface area contributed by atoms with Gasteiger partial charge >= 0.3 is 0 Å². The number of aromatic nitrogens is 1. The van der Waals surface area contributed by atoms with E-state index in [1.807, 2.05) is 37.3 Å². The predicted octanol–water partition coefficient (Wildman–Crippen LogP) is 4.20. The van der Waals surface area contributed by atoms with E-state index in [0.29, 0.717) is 11.9 Å². The second-order valence-electron chi connectivity index (χ2n) is 5.14. The van der Waals surface area contributed by atoms with Crippen LogP contribution in [0.3, 0.4) is 0 Å². The normalized spacial score (nSPS) is 14.3. The van der Waals surface area contributed by atoms with Gasteiger partial charge in [-0.25, -0.2) is 4.98 Å². The Kier molecular flexibility index (Phi) is 4.03. The Balaban J connectivity index is 1.76. The maximum absolute atomic E-state index is 5.87. The maximum Gasteiger partial charge on any atom is 0.219 e. The Bertz CT molecular complexity index is 611. The summed E-state index contributed by atoms with van der Waals surface area (Å²) in [6.07, 6.45) is 2.59. The van der Waals surface area contributed by atoms with Gasteiger partial charge in [0.15, 0.2) is 0 Å². The highest BCUT2D eigenvalue weighted by Crippen LogP contribution is 2.29. The molecule has 1 aromatic carbocycles. The molecule has 3 nitrogen and oxygen atoms in total. The second kappa shape index (κ2) is 5.94. The number of nitrogens with one attached hydrogen (secondary N) is 1. The molecule has 104 valence electrons. The molecule has 0 amide bonds. The summed E-state index contributed by atoms with van der Waals surface area (Å²) in [6, 6.07) is 12.6. The van der Waals surface area contributed by atoms with Gasteiger partial charge in [-0.1, -0.05) is 12.1 Å². The van der Waals surface area contributed by atoms with E-state index >= 15 is 0 Å². The Morgan fingerprint density at radius 2 is 2.10 bits per heavy atom.